The highest BCUT2D eigenvalue weighted by Crippen LogP contribution is 2.40. The average Bonchev–Trinajstić information content (AvgIpc) is 3.48. The van der Waals surface area contributed by atoms with Crippen molar-refractivity contribution in [3.63, 3.8) is 0 Å². The zero-order chi connectivity index (χ0) is 25.4. The Morgan fingerprint density at radius 3 is 2.63 bits per heavy atom. The van der Waals surface area contributed by atoms with Crippen molar-refractivity contribution in [2.45, 2.75) is 18.4 Å². The lowest BCUT2D eigenvalue weighted by Crippen LogP contribution is -2.34. The van der Waals surface area contributed by atoms with Crippen molar-refractivity contribution in [2.24, 2.45) is 0 Å². The third-order valence-corrected chi connectivity index (χ3v) is 5.41. The largest absolute Gasteiger partial charge is 0.491 e. The van der Waals surface area contributed by atoms with Crippen LogP contribution in [0.15, 0.2) is 61.2 Å². The predicted octanol–water partition coefficient (Wildman–Crippen LogP) is 3.98. The molecule has 2 atom stereocenters. The Morgan fingerprint density at radius 1 is 1.31 bits per heavy atom. The standard InChI is InChI=1S/C22H20Cl2N2O5.HNO3/c1-28-21(27)15-2-5-17(6-3-15)29-11-18-12-30-22(31-18,13-26-9-8-25-14-26)19-7-4-16(23)10-20(19)24;2-1(3)4/h2-10,14,18H,11-13H2,1H3;(H,2,3,4)/t18-,22-;/m1./s1. The minimum Gasteiger partial charge on any atom is -0.491 e. The van der Waals surface area contributed by atoms with E-state index in [4.69, 9.17) is 57.5 Å². The van der Waals surface area contributed by atoms with Gasteiger partial charge >= 0.3 is 5.97 Å². The number of rotatable bonds is 7. The summed E-state index contributed by atoms with van der Waals surface area (Å²) < 4.78 is 24.9. The number of benzene rings is 2. The van der Waals surface area contributed by atoms with E-state index in [1.54, 1.807) is 55.0 Å². The van der Waals surface area contributed by atoms with Crippen molar-refractivity contribution in [1.29, 1.82) is 0 Å². The summed E-state index contributed by atoms with van der Waals surface area (Å²) in [6.45, 7) is 0.932. The van der Waals surface area contributed by atoms with E-state index in [9.17, 15) is 4.79 Å². The molecule has 13 heteroatoms. The van der Waals surface area contributed by atoms with Crippen LogP contribution in [-0.4, -0.2) is 52.2 Å². The number of aromatic nitrogens is 2. The van der Waals surface area contributed by atoms with E-state index >= 15 is 0 Å². The number of ether oxygens (including phenoxy) is 4. The zero-order valence-electron chi connectivity index (χ0n) is 18.4. The topological polar surface area (TPSA) is 135 Å². The number of halogens is 2. The van der Waals surface area contributed by atoms with Crippen LogP contribution >= 0.6 is 23.2 Å². The van der Waals surface area contributed by atoms with Crippen LogP contribution in [0.2, 0.25) is 10.0 Å². The Morgan fingerprint density at radius 2 is 2.03 bits per heavy atom. The molecule has 1 aliphatic rings. The average molecular weight is 526 g/mol. The van der Waals surface area contributed by atoms with Gasteiger partial charge < -0.3 is 28.7 Å². The van der Waals surface area contributed by atoms with Crippen LogP contribution < -0.4 is 4.74 Å². The highest BCUT2D eigenvalue weighted by Gasteiger charge is 2.45. The fourth-order valence-corrected chi connectivity index (χ4v) is 3.92. The van der Waals surface area contributed by atoms with Crippen molar-refractivity contribution in [3.05, 3.63) is 92.5 Å². The van der Waals surface area contributed by atoms with Gasteiger partial charge in [0.25, 0.3) is 5.09 Å². The Labute approximate surface area is 209 Å². The molecule has 0 spiro atoms. The highest BCUT2D eigenvalue weighted by atomic mass is 35.5. The summed E-state index contributed by atoms with van der Waals surface area (Å²) in [6.07, 6.45) is 4.86. The maximum absolute atomic E-state index is 11.6. The van der Waals surface area contributed by atoms with Crippen LogP contribution in [-0.2, 0) is 26.5 Å². The molecule has 4 rings (SSSR count). The molecule has 35 heavy (non-hydrogen) atoms. The number of nitrogens with zero attached hydrogens (tertiary/aromatic N) is 3. The molecule has 0 aliphatic carbocycles. The molecule has 0 saturated carbocycles. The molecule has 1 fully saturated rings. The second kappa shape index (κ2) is 11.8. The second-order valence-electron chi connectivity index (χ2n) is 7.23. The van der Waals surface area contributed by atoms with Gasteiger partial charge in [-0.15, -0.1) is 10.1 Å². The third-order valence-electron chi connectivity index (χ3n) is 4.86. The number of imidazole rings is 1. The fourth-order valence-electron chi connectivity index (χ4n) is 3.37. The maximum Gasteiger partial charge on any atom is 0.337 e. The molecule has 1 saturated heterocycles. The summed E-state index contributed by atoms with van der Waals surface area (Å²) >= 11 is 12.5. The van der Waals surface area contributed by atoms with Gasteiger partial charge in [0.2, 0.25) is 5.79 Å². The Balaban J connectivity index is 0.000000795. The molecule has 186 valence electrons. The van der Waals surface area contributed by atoms with Crippen molar-refractivity contribution >= 4 is 29.2 Å². The van der Waals surface area contributed by atoms with Crippen molar-refractivity contribution < 1.29 is 34.0 Å². The molecule has 2 heterocycles. The van der Waals surface area contributed by atoms with E-state index < -0.39 is 16.8 Å². The minimum atomic E-state index is -1.50. The lowest BCUT2D eigenvalue weighted by molar-refractivity contribution is -0.742. The van der Waals surface area contributed by atoms with E-state index in [1.165, 1.54) is 7.11 Å². The number of hydrogen-bond acceptors (Lipinski definition) is 8. The van der Waals surface area contributed by atoms with Crippen molar-refractivity contribution in [3.8, 4) is 5.75 Å². The van der Waals surface area contributed by atoms with E-state index in [0.29, 0.717) is 40.1 Å². The second-order valence-corrected chi connectivity index (χ2v) is 8.07. The summed E-state index contributed by atoms with van der Waals surface area (Å²) in [4.78, 5) is 24.0. The third kappa shape index (κ3) is 7.06. The SMILES string of the molecule is COC(=O)c1ccc(OC[C@@H]2CO[C@@](Cn3ccnc3)(c3ccc(Cl)cc3Cl)O2)cc1.O=[N+]([O-])O. The number of methoxy groups -OCH3 is 1. The highest BCUT2D eigenvalue weighted by molar-refractivity contribution is 6.35. The maximum atomic E-state index is 11.6. The lowest BCUT2D eigenvalue weighted by Gasteiger charge is -2.30. The van der Waals surface area contributed by atoms with Crippen molar-refractivity contribution in [2.75, 3.05) is 20.3 Å². The Hall–Kier alpha value is -3.38. The van der Waals surface area contributed by atoms with Gasteiger partial charge in [-0.3, -0.25) is 0 Å². The molecule has 0 radical (unpaired) electrons. The number of esters is 1. The molecule has 0 bridgehead atoms. The molecule has 11 nitrogen and oxygen atoms in total. The molecule has 3 aromatic rings. The lowest BCUT2D eigenvalue weighted by atomic mass is 10.1. The van der Waals surface area contributed by atoms with E-state index in [0.717, 1.165) is 0 Å². The summed E-state index contributed by atoms with van der Waals surface area (Å²) in [7, 11) is 1.34. The molecule has 0 amide bonds. The fraction of sp³-hybridized carbons (Fsp3) is 0.273. The minimum absolute atomic E-state index is 0.258. The molecule has 2 aromatic carbocycles. The van der Waals surface area contributed by atoms with Gasteiger partial charge in [-0.05, 0) is 36.4 Å². The number of carbonyl (C=O) groups excluding carboxylic acids is 1. The van der Waals surface area contributed by atoms with Crippen LogP contribution in [0.1, 0.15) is 15.9 Å². The van der Waals surface area contributed by atoms with Crippen molar-refractivity contribution in [1.82, 2.24) is 9.55 Å². The van der Waals surface area contributed by atoms with Crippen LogP contribution in [0.3, 0.4) is 0 Å². The first-order chi connectivity index (χ1) is 16.7. The predicted molar refractivity (Wildman–Crippen MR) is 123 cm³/mol. The molecule has 1 N–H and O–H groups in total. The first kappa shape index (κ1) is 26.2. The monoisotopic (exact) mass is 525 g/mol. The zero-order valence-corrected chi connectivity index (χ0v) is 19.9. The van der Waals surface area contributed by atoms with Gasteiger partial charge in [0.1, 0.15) is 18.5 Å². The van der Waals surface area contributed by atoms with Gasteiger partial charge in [-0.25, -0.2) is 9.78 Å². The van der Waals surface area contributed by atoms with Gasteiger partial charge in [0.05, 0.1) is 37.2 Å². The van der Waals surface area contributed by atoms with E-state index in [2.05, 4.69) is 4.98 Å². The molecule has 1 aliphatic heterocycles. The van der Waals surface area contributed by atoms with Gasteiger partial charge in [-0.2, -0.15) is 0 Å². The van der Waals surface area contributed by atoms with Crippen LogP contribution in [0.25, 0.3) is 0 Å². The molecular weight excluding hydrogens is 505 g/mol. The Bertz CT molecular complexity index is 1140. The number of hydrogen-bond donors (Lipinski definition) is 1. The first-order valence-corrected chi connectivity index (χ1v) is 10.9. The van der Waals surface area contributed by atoms with Crippen LogP contribution in [0, 0.1) is 10.1 Å². The van der Waals surface area contributed by atoms with Gasteiger partial charge in [0.15, 0.2) is 0 Å². The molecule has 1 aromatic heterocycles. The Kier molecular flexibility index (Phi) is 8.88. The summed E-state index contributed by atoms with van der Waals surface area (Å²) in [6, 6.07) is 11.9. The summed E-state index contributed by atoms with van der Waals surface area (Å²) in [5, 5.41) is 14.6. The van der Waals surface area contributed by atoms with Crippen LogP contribution in [0.5, 0.6) is 5.75 Å². The molecule has 0 unspecified atom stereocenters. The van der Waals surface area contributed by atoms with Gasteiger partial charge in [-0.1, -0.05) is 29.3 Å². The smallest absolute Gasteiger partial charge is 0.337 e. The summed E-state index contributed by atoms with van der Waals surface area (Å²) in [5.74, 6) is -0.901. The van der Waals surface area contributed by atoms with E-state index in [1.807, 2.05) is 10.8 Å². The molecular formula is C22H21Cl2N3O8. The summed E-state index contributed by atoms with van der Waals surface area (Å²) in [5.41, 5.74) is 1.13. The van der Waals surface area contributed by atoms with Gasteiger partial charge in [0, 0.05) is 23.0 Å². The quantitative estimate of drug-likeness (QED) is 0.276. The normalized spacial score (nSPS) is 18.9. The number of carbonyl (C=O) groups is 1. The van der Waals surface area contributed by atoms with E-state index in [-0.39, 0.29) is 12.7 Å². The first-order valence-electron chi connectivity index (χ1n) is 10.1. The van der Waals surface area contributed by atoms with Crippen LogP contribution in [0.4, 0.5) is 0 Å².